The number of halogens is 1. The Balaban J connectivity index is 0.000000213. The van der Waals surface area contributed by atoms with Gasteiger partial charge in [-0.3, -0.25) is 0 Å². The minimum absolute atomic E-state index is 0.277. The Morgan fingerprint density at radius 2 is 2.00 bits per heavy atom. The molecule has 0 radical (unpaired) electrons. The summed E-state index contributed by atoms with van der Waals surface area (Å²) < 4.78 is 12.5. The predicted molar refractivity (Wildman–Crippen MR) is 55.6 cm³/mol. The molecule has 14 heavy (non-hydrogen) atoms. The number of rotatable bonds is 1. The second kappa shape index (κ2) is 5.40. The Hall–Kier alpha value is -1.35. The molecule has 1 aromatic heterocycles. The minimum atomic E-state index is -0.277. The Labute approximate surface area is 82.4 Å². The van der Waals surface area contributed by atoms with E-state index in [4.69, 9.17) is 5.11 Å². The van der Waals surface area contributed by atoms with Crippen molar-refractivity contribution in [2.45, 2.75) is 13.3 Å². The number of nitrogens with one attached hydrogen (secondary N) is 1. The van der Waals surface area contributed by atoms with Crippen LogP contribution in [0, 0.1) is 5.95 Å². The highest BCUT2D eigenvalue weighted by atomic mass is 19.1. The fourth-order valence-electron chi connectivity index (χ4n) is 1.04. The largest absolute Gasteiger partial charge is 0.396 e. The zero-order chi connectivity index (χ0) is 10.4. The third-order valence-electron chi connectivity index (χ3n) is 1.72. The molecule has 2 rings (SSSR count). The van der Waals surface area contributed by atoms with Gasteiger partial charge in [0.15, 0.2) is 5.95 Å². The molecule has 76 valence electrons. The standard InChI is InChI=1S/C8H6FN.C3H8O/c9-8-5-6-3-1-2-4-7(6)10-8;1-2-3-4/h1-5,10H;4H,2-3H2,1H3. The molecular weight excluding hydrogens is 181 g/mol. The summed E-state index contributed by atoms with van der Waals surface area (Å²) in [5, 5.41) is 8.79. The van der Waals surface area contributed by atoms with Crippen molar-refractivity contribution in [1.82, 2.24) is 4.98 Å². The van der Waals surface area contributed by atoms with E-state index < -0.39 is 0 Å². The lowest BCUT2D eigenvalue weighted by molar-refractivity contribution is 0.295. The van der Waals surface area contributed by atoms with Crippen LogP contribution >= 0.6 is 0 Å². The van der Waals surface area contributed by atoms with E-state index in [2.05, 4.69) is 4.98 Å². The van der Waals surface area contributed by atoms with Crippen LogP contribution in [-0.4, -0.2) is 16.7 Å². The monoisotopic (exact) mass is 195 g/mol. The summed E-state index contributed by atoms with van der Waals surface area (Å²) >= 11 is 0. The molecule has 3 heteroatoms. The summed E-state index contributed by atoms with van der Waals surface area (Å²) in [7, 11) is 0. The normalized spacial score (nSPS) is 9.64. The molecule has 0 aliphatic carbocycles. The highest BCUT2D eigenvalue weighted by molar-refractivity contribution is 5.79. The lowest BCUT2D eigenvalue weighted by Gasteiger charge is -1.82. The molecule has 0 aliphatic heterocycles. The van der Waals surface area contributed by atoms with Gasteiger partial charge in [-0.25, -0.2) is 0 Å². The molecule has 0 amide bonds. The van der Waals surface area contributed by atoms with E-state index in [1.807, 2.05) is 31.2 Å². The highest BCUT2D eigenvalue weighted by Gasteiger charge is 1.95. The van der Waals surface area contributed by atoms with Gasteiger partial charge >= 0.3 is 0 Å². The molecule has 0 bridgehead atoms. The van der Waals surface area contributed by atoms with Gasteiger partial charge in [0.1, 0.15) is 0 Å². The maximum atomic E-state index is 12.5. The van der Waals surface area contributed by atoms with E-state index in [1.165, 1.54) is 6.07 Å². The summed E-state index contributed by atoms with van der Waals surface area (Å²) in [6.07, 6.45) is 0.875. The second-order valence-corrected chi connectivity index (χ2v) is 2.93. The van der Waals surface area contributed by atoms with E-state index in [9.17, 15) is 4.39 Å². The zero-order valence-electron chi connectivity index (χ0n) is 8.13. The topological polar surface area (TPSA) is 36.0 Å². The molecule has 0 atom stereocenters. The lowest BCUT2D eigenvalue weighted by Crippen LogP contribution is -1.69. The Bertz CT molecular complexity index is 348. The average Bonchev–Trinajstić information content (AvgIpc) is 2.58. The van der Waals surface area contributed by atoms with Crippen LogP contribution in [0.5, 0.6) is 0 Å². The van der Waals surface area contributed by atoms with Crippen molar-refractivity contribution in [2.24, 2.45) is 0 Å². The zero-order valence-corrected chi connectivity index (χ0v) is 8.13. The second-order valence-electron chi connectivity index (χ2n) is 2.93. The number of aliphatic hydroxyl groups is 1. The molecule has 0 aliphatic rings. The number of para-hydroxylation sites is 1. The fourth-order valence-corrected chi connectivity index (χ4v) is 1.04. The van der Waals surface area contributed by atoms with Crippen LogP contribution in [0.15, 0.2) is 30.3 Å². The van der Waals surface area contributed by atoms with E-state index in [0.717, 1.165) is 17.3 Å². The molecule has 0 fully saturated rings. The van der Waals surface area contributed by atoms with E-state index in [1.54, 1.807) is 0 Å². The van der Waals surface area contributed by atoms with Crippen molar-refractivity contribution in [1.29, 1.82) is 0 Å². The first-order valence-corrected chi connectivity index (χ1v) is 4.62. The summed E-state index contributed by atoms with van der Waals surface area (Å²) in [4.78, 5) is 2.59. The third-order valence-corrected chi connectivity index (χ3v) is 1.72. The van der Waals surface area contributed by atoms with Crippen molar-refractivity contribution in [2.75, 3.05) is 6.61 Å². The van der Waals surface area contributed by atoms with Gasteiger partial charge in [0.2, 0.25) is 0 Å². The predicted octanol–water partition coefficient (Wildman–Crippen LogP) is 2.70. The number of aromatic nitrogens is 1. The van der Waals surface area contributed by atoms with Crippen LogP contribution in [0.2, 0.25) is 0 Å². The van der Waals surface area contributed by atoms with Crippen LogP contribution in [0.4, 0.5) is 4.39 Å². The number of fused-ring (bicyclic) bond motifs is 1. The quantitative estimate of drug-likeness (QED) is 0.721. The van der Waals surface area contributed by atoms with Gasteiger partial charge in [-0.15, -0.1) is 0 Å². The van der Waals surface area contributed by atoms with Crippen molar-refractivity contribution >= 4 is 10.9 Å². The van der Waals surface area contributed by atoms with Crippen molar-refractivity contribution in [3.63, 3.8) is 0 Å². The minimum Gasteiger partial charge on any atom is -0.396 e. The maximum absolute atomic E-state index is 12.5. The molecule has 2 N–H and O–H groups in total. The van der Waals surface area contributed by atoms with Gasteiger partial charge < -0.3 is 10.1 Å². The van der Waals surface area contributed by atoms with E-state index >= 15 is 0 Å². The first-order valence-electron chi connectivity index (χ1n) is 4.62. The van der Waals surface area contributed by atoms with Gasteiger partial charge in [-0.2, -0.15) is 4.39 Å². The molecule has 2 aromatic rings. The smallest absolute Gasteiger partial charge is 0.192 e. The Kier molecular flexibility index (Phi) is 4.13. The van der Waals surface area contributed by atoms with Gasteiger partial charge in [0.25, 0.3) is 0 Å². The summed E-state index contributed by atoms with van der Waals surface area (Å²) in [5.41, 5.74) is 0.847. The van der Waals surface area contributed by atoms with Gasteiger partial charge in [-0.05, 0) is 12.5 Å². The van der Waals surface area contributed by atoms with Gasteiger partial charge in [0.05, 0.1) is 0 Å². The first kappa shape index (κ1) is 10.7. The molecule has 1 heterocycles. The number of hydrogen-bond donors (Lipinski definition) is 2. The van der Waals surface area contributed by atoms with Gasteiger partial charge in [-0.1, -0.05) is 25.1 Å². The number of hydrogen-bond acceptors (Lipinski definition) is 1. The number of H-pyrrole nitrogens is 1. The van der Waals surface area contributed by atoms with Crippen molar-refractivity contribution < 1.29 is 9.50 Å². The summed E-state index contributed by atoms with van der Waals surface area (Å²) in [5.74, 6) is -0.277. The third kappa shape index (κ3) is 2.85. The van der Waals surface area contributed by atoms with Crippen molar-refractivity contribution in [3.8, 4) is 0 Å². The molecule has 0 saturated heterocycles. The van der Waals surface area contributed by atoms with Crippen LogP contribution in [0.3, 0.4) is 0 Å². The maximum Gasteiger partial charge on any atom is 0.192 e. The van der Waals surface area contributed by atoms with Crippen LogP contribution in [-0.2, 0) is 0 Å². The summed E-state index contributed by atoms with van der Waals surface area (Å²) in [6.45, 7) is 2.25. The average molecular weight is 195 g/mol. The van der Waals surface area contributed by atoms with Gasteiger partial charge in [0, 0.05) is 23.6 Å². The summed E-state index contributed by atoms with van der Waals surface area (Å²) in [6, 6.07) is 8.95. The number of aromatic amines is 1. The Morgan fingerprint density at radius 3 is 2.57 bits per heavy atom. The molecule has 0 spiro atoms. The molecule has 2 nitrogen and oxygen atoms in total. The molecular formula is C11H14FNO. The van der Waals surface area contributed by atoms with Crippen molar-refractivity contribution in [3.05, 3.63) is 36.3 Å². The number of aliphatic hydroxyl groups excluding tert-OH is 1. The highest BCUT2D eigenvalue weighted by Crippen LogP contribution is 2.12. The van der Waals surface area contributed by atoms with Crippen LogP contribution < -0.4 is 0 Å². The fraction of sp³-hybridized carbons (Fsp3) is 0.273. The van der Waals surface area contributed by atoms with E-state index in [-0.39, 0.29) is 5.95 Å². The van der Waals surface area contributed by atoms with E-state index in [0.29, 0.717) is 6.61 Å². The first-order chi connectivity index (χ1) is 6.77. The Morgan fingerprint density at radius 1 is 1.36 bits per heavy atom. The molecule has 0 saturated carbocycles. The lowest BCUT2D eigenvalue weighted by atomic mass is 10.3. The SMILES string of the molecule is CCCO.Fc1cc2ccccc2[nH]1. The van der Waals surface area contributed by atoms with Crippen LogP contribution in [0.25, 0.3) is 10.9 Å². The number of benzene rings is 1. The molecule has 0 unspecified atom stereocenters. The van der Waals surface area contributed by atoms with Crippen LogP contribution in [0.1, 0.15) is 13.3 Å². The molecule has 1 aromatic carbocycles.